The van der Waals surface area contributed by atoms with Crippen LogP contribution in [0.25, 0.3) is 87.3 Å². The van der Waals surface area contributed by atoms with E-state index in [2.05, 4.69) is 51.9 Å². The van der Waals surface area contributed by atoms with Crippen LogP contribution >= 0.6 is 0 Å². The van der Waals surface area contributed by atoms with E-state index in [1.54, 1.807) is 0 Å². The predicted octanol–water partition coefficient (Wildman–Crippen LogP) is 10.7. The van der Waals surface area contributed by atoms with E-state index < -0.39 is 0 Å². The molecule has 43 heavy (non-hydrogen) atoms. The summed E-state index contributed by atoms with van der Waals surface area (Å²) in [6.07, 6.45) is 0. The number of para-hydroxylation sites is 3. The molecule has 0 aliphatic rings. The molecule has 0 aliphatic carbocycles. The van der Waals surface area contributed by atoms with E-state index in [0.29, 0.717) is 22.4 Å². The van der Waals surface area contributed by atoms with Gasteiger partial charge in [0, 0.05) is 32.3 Å². The van der Waals surface area contributed by atoms with Crippen LogP contribution in [0.1, 0.15) is 5.56 Å². The van der Waals surface area contributed by atoms with Gasteiger partial charge in [-0.3, -0.25) is 0 Å². The van der Waals surface area contributed by atoms with Gasteiger partial charge in [-0.15, -0.1) is 0 Å². The van der Waals surface area contributed by atoms with Gasteiger partial charge in [-0.2, -0.15) is 5.26 Å². The largest absolute Gasteiger partial charge is 0.465 e. The molecule has 0 amide bonds. The van der Waals surface area contributed by atoms with Gasteiger partial charge in [-0.1, -0.05) is 60.7 Å². The van der Waals surface area contributed by atoms with Gasteiger partial charge in [0.25, 0.3) is 0 Å². The topological polar surface area (TPSA) is 59.4 Å². The molecule has 9 aromatic rings. The monoisotopic (exact) mass is 549 g/mol. The molecular weight excluding hydrogens is 530 g/mol. The maximum absolute atomic E-state index is 9.66. The molecule has 0 spiro atoms. The van der Waals surface area contributed by atoms with Crippen LogP contribution in [0.15, 0.2) is 124 Å². The van der Waals surface area contributed by atoms with Gasteiger partial charge in [-0.05, 0) is 65.7 Å². The van der Waals surface area contributed by atoms with Crippen LogP contribution in [-0.4, -0.2) is 4.57 Å². The molecule has 0 aliphatic heterocycles. The van der Waals surface area contributed by atoms with Gasteiger partial charge < -0.3 is 13.4 Å². The van der Waals surface area contributed by atoms with Gasteiger partial charge in [0.2, 0.25) is 5.69 Å². The van der Waals surface area contributed by atoms with Crippen LogP contribution in [0.3, 0.4) is 0 Å². The molecule has 5 heteroatoms. The van der Waals surface area contributed by atoms with Gasteiger partial charge in [-0.25, -0.2) is 4.85 Å². The van der Waals surface area contributed by atoms with Crippen LogP contribution in [0.2, 0.25) is 0 Å². The summed E-state index contributed by atoms with van der Waals surface area (Å²) in [5.41, 5.74) is 8.66. The first kappa shape index (κ1) is 23.4. The maximum atomic E-state index is 9.66. The standard InChI is InChI=1S/C38H19N3O2/c1-40-31-19-24(23-14-16-28-27-8-3-5-12-35(27)42-36(28)20-23)18-30-29-9-6-11-33(38(29)43-37(30)31)41-32-10-4-2-7-25(32)26-15-13-22(21-39)17-34(26)41/h2-20H. The average Bonchev–Trinajstić information content (AvgIpc) is 3.73. The van der Waals surface area contributed by atoms with Crippen LogP contribution in [0.5, 0.6) is 0 Å². The molecule has 0 radical (unpaired) electrons. The van der Waals surface area contributed by atoms with Crippen molar-refractivity contribution in [3.05, 3.63) is 132 Å². The summed E-state index contributed by atoms with van der Waals surface area (Å²) < 4.78 is 14.9. The fourth-order valence-corrected chi connectivity index (χ4v) is 6.50. The van der Waals surface area contributed by atoms with Gasteiger partial charge in [0.1, 0.15) is 16.7 Å². The van der Waals surface area contributed by atoms with E-state index in [-0.39, 0.29) is 0 Å². The number of hydrogen-bond donors (Lipinski definition) is 0. The summed E-state index contributed by atoms with van der Waals surface area (Å²) in [6.45, 7) is 8.03. The highest BCUT2D eigenvalue weighted by Gasteiger charge is 2.20. The Hall–Kier alpha value is -6.30. The highest BCUT2D eigenvalue weighted by atomic mass is 16.3. The molecule has 0 fully saturated rings. The second kappa shape index (κ2) is 8.60. The Morgan fingerprint density at radius 1 is 0.581 bits per heavy atom. The first-order valence-corrected chi connectivity index (χ1v) is 13.9. The van der Waals surface area contributed by atoms with Crippen molar-refractivity contribution < 1.29 is 8.83 Å². The second-order valence-corrected chi connectivity index (χ2v) is 10.7. The minimum atomic E-state index is 0.452. The normalized spacial score (nSPS) is 11.7. The van der Waals surface area contributed by atoms with Crippen molar-refractivity contribution in [2.45, 2.75) is 0 Å². The number of nitrogens with zero attached hydrogens (tertiary/aromatic N) is 3. The molecule has 0 bridgehead atoms. The summed E-state index contributed by atoms with van der Waals surface area (Å²) >= 11 is 0. The molecule has 5 nitrogen and oxygen atoms in total. The van der Waals surface area contributed by atoms with Crippen LogP contribution in [0, 0.1) is 17.9 Å². The third-order valence-electron chi connectivity index (χ3n) is 8.43. The number of hydrogen-bond acceptors (Lipinski definition) is 3. The first-order valence-electron chi connectivity index (χ1n) is 13.9. The molecule has 9 rings (SSSR count). The van der Waals surface area contributed by atoms with E-state index in [1.165, 1.54) is 0 Å². The SMILES string of the molecule is [C-]#[N+]c1cc(-c2ccc3c(c2)oc2ccccc23)cc2c1oc1c(-n3c4ccccc4c4ccc(C#N)cc43)cccc12. The summed E-state index contributed by atoms with van der Waals surface area (Å²) in [6, 6.07) is 40.6. The number of benzene rings is 6. The lowest BCUT2D eigenvalue weighted by molar-refractivity contribution is 0.668. The molecular formula is C38H19N3O2. The number of fused-ring (bicyclic) bond motifs is 9. The molecule has 0 atom stereocenters. The zero-order valence-corrected chi connectivity index (χ0v) is 22.6. The minimum Gasteiger partial charge on any atom is -0.465 e. The smallest absolute Gasteiger partial charge is 0.230 e. The van der Waals surface area contributed by atoms with Crippen LogP contribution in [0.4, 0.5) is 5.69 Å². The molecule has 0 N–H and O–H groups in total. The van der Waals surface area contributed by atoms with E-state index in [4.69, 9.17) is 15.4 Å². The maximum Gasteiger partial charge on any atom is 0.230 e. The number of nitriles is 1. The van der Waals surface area contributed by atoms with Gasteiger partial charge in [0.05, 0.1) is 34.9 Å². The highest BCUT2D eigenvalue weighted by Crippen LogP contribution is 2.43. The van der Waals surface area contributed by atoms with E-state index in [0.717, 1.165) is 71.3 Å². The molecule has 0 saturated heterocycles. The predicted molar refractivity (Wildman–Crippen MR) is 172 cm³/mol. The summed E-state index contributed by atoms with van der Waals surface area (Å²) in [5, 5.41) is 15.8. The Kier molecular flexibility index (Phi) is 4.68. The molecule has 0 unspecified atom stereocenters. The van der Waals surface area contributed by atoms with Crippen molar-refractivity contribution >= 4 is 71.4 Å². The van der Waals surface area contributed by atoms with Crippen LogP contribution < -0.4 is 0 Å². The van der Waals surface area contributed by atoms with E-state index in [1.807, 2.05) is 78.9 Å². The fourth-order valence-electron chi connectivity index (χ4n) is 6.50. The lowest BCUT2D eigenvalue weighted by atomic mass is 10.00. The third-order valence-corrected chi connectivity index (χ3v) is 8.43. The summed E-state index contributed by atoms with van der Waals surface area (Å²) in [5.74, 6) is 0. The molecule has 198 valence electrons. The number of furan rings is 2. The summed E-state index contributed by atoms with van der Waals surface area (Å²) in [7, 11) is 0. The summed E-state index contributed by atoms with van der Waals surface area (Å²) in [4.78, 5) is 3.88. The second-order valence-electron chi connectivity index (χ2n) is 10.7. The first-order chi connectivity index (χ1) is 21.2. The van der Waals surface area contributed by atoms with Gasteiger partial charge in [0.15, 0.2) is 5.58 Å². The van der Waals surface area contributed by atoms with E-state index in [9.17, 15) is 5.26 Å². The Labute approximate surface area is 244 Å². The fraction of sp³-hybridized carbons (Fsp3) is 0. The minimum absolute atomic E-state index is 0.452. The van der Waals surface area contributed by atoms with Crippen molar-refractivity contribution in [2.24, 2.45) is 0 Å². The number of aromatic nitrogens is 1. The Morgan fingerprint density at radius 3 is 2.23 bits per heavy atom. The number of rotatable bonds is 2. The zero-order chi connectivity index (χ0) is 28.7. The molecule has 6 aromatic carbocycles. The zero-order valence-electron chi connectivity index (χ0n) is 22.6. The van der Waals surface area contributed by atoms with Crippen molar-refractivity contribution in [3.63, 3.8) is 0 Å². The van der Waals surface area contributed by atoms with Crippen LogP contribution in [-0.2, 0) is 0 Å². The van der Waals surface area contributed by atoms with Gasteiger partial charge >= 0.3 is 0 Å². The lowest BCUT2D eigenvalue weighted by Crippen LogP contribution is -1.94. The Morgan fingerprint density at radius 2 is 1.35 bits per heavy atom. The Balaban J connectivity index is 1.31. The quantitative estimate of drug-likeness (QED) is 0.202. The third kappa shape index (κ3) is 3.25. The highest BCUT2D eigenvalue weighted by molar-refractivity contribution is 6.15. The van der Waals surface area contributed by atoms with Crippen molar-refractivity contribution in [1.29, 1.82) is 5.26 Å². The average molecular weight is 550 g/mol. The molecule has 3 aromatic heterocycles. The van der Waals surface area contributed by atoms with E-state index >= 15 is 0 Å². The lowest BCUT2D eigenvalue weighted by Gasteiger charge is -2.08. The molecule has 0 saturated carbocycles. The van der Waals surface area contributed by atoms with Crippen molar-refractivity contribution in [3.8, 4) is 22.9 Å². The molecule has 3 heterocycles. The van der Waals surface area contributed by atoms with Crippen molar-refractivity contribution in [2.75, 3.05) is 0 Å². The van der Waals surface area contributed by atoms with Crippen molar-refractivity contribution in [1.82, 2.24) is 4.57 Å². The Bertz CT molecular complexity index is 2710.